The predicted molar refractivity (Wildman–Crippen MR) is 22.8 cm³/mol. The smallest absolute Gasteiger partial charge is 1.00 e. The van der Waals surface area contributed by atoms with E-state index < -0.39 is 0 Å². The van der Waals surface area contributed by atoms with Gasteiger partial charge in [-0.3, -0.25) is 0 Å². The molecule has 0 N–H and O–H groups in total. The van der Waals surface area contributed by atoms with Gasteiger partial charge in [0.05, 0.1) is 0 Å². The van der Waals surface area contributed by atoms with Crippen LogP contribution in [0.5, 0.6) is 0 Å². The van der Waals surface area contributed by atoms with Crippen molar-refractivity contribution in [3.63, 3.8) is 0 Å². The molecule has 0 aromatic carbocycles. The Kier molecular flexibility index (Phi) is 100. The summed E-state index contributed by atoms with van der Waals surface area (Å²) >= 11 is 0. The molecule has 0 saturated carbocycles. The van der Waals surface area contributed by atoms with E-state index in [0.717, 1.165) is 0 Å². The SMILES string of the molecule is I.[K+].[Na+].[S-2]. The first-order chi connectivity index (χ1) is 0. The molecule has 0 heterocycles. The Hall–Kier alpha value is 3.72. The molecule has 0 rings (SSSR count). The quantitative estimate of drug-likeness (QED) is 0.283. The van der Waals surface area contributed by atoms with Gasteiger partial charge in [-0.15, -0.1) is 24.0 Å². The third-order valence-electron chi connectivity index (χ3n) is 0. The molecule has 0 spiro atoms. The maximum absolute atomic E-state index is 0. The fourth-order valence-electron chi connectivity index (χ4n) is 0. The maximum Gasteiger partial charge on any atom is 1.00 e. The van der Waals surface area contributed by atoms with Crippen molar-refractivity contribution in [1.82, 2.24) is 0 Å². The zero-order valence-corrected chi connectivity index (χ0v) is 11.1. The second kappa shape index (κ2) is 15.9. The van der Waals surface area contributed by atoms with Gasteiger partial charge in [0.1, 0.15) is 0 Å². The normalized spacial score (nSPS) is 0. The van der Waals surface area contributed by atoms with Crippen molar-refractivity contribution < 1.29 is 80.9 Å². The third kappa shape index (κ3) is 9.21. The Morgan fingerprint density at radius 2 is 1.00 bits per heavy atom. The van der Waals surface area contributed by atoms with Crippen LogP contribution in [-0.4, -0.2) is 0 Å². The first-order valence-corrected chi connectivity index (χ1v) is 0. The van der Waals surface area contributed by atoms with E-state index in [1.54, 1.807) is 0 Å². The van der Waals surface area contributed by atoms with Gasteiger partial charge in [0.2, 0.25) is 0 Å². The standard InChI is InChI=1S/HI.K.Na.S/h1H;;;/q;2*+1;-2. The van der Waals surface area contributed by atoms with Crippen molar-refractivity contribution in [1.29, 1.82) is 0 Å². The van der Waals surface area contributed by atoms with Crippen LogP contribution in [0, 0.1) is 0 Å². The van der Waals surface area contributed by atoms with Crippen molar-refractivity contribution in [2.75, 3.05) is 0 Å². The van der Waals surface area contributed by atoms with Crippen LogP contribution >= 0.6 is 24.0 Å². The summed E-state index contributed by atoms with van der Waals surface area (Å²) in [6.45, 7) is 0. The molecule has 0 nitrogen and oxygen atoms in total. The van der Waals surface area contributed by atoms with E-state index in [-0.39, 0.29) is 118 Å². The minimum atomic E-state index is 0. The van der Waals surface area contributed by atoms with Crippen LogP contribution in [0.4, 0.5) is 0 Å². The van der Waals surface area contributed by atoms with Crippen molar-refractivity contribution in [3.05, 3.63) is 0 Å². The molecule has 4 heavy (non-hydrogen) atoms. The van der Waals surface area contributed by atoms with E-state index in [1.807, 2.05) is 0 Å². The Balaban J connectivity index is 0. The van der Waals surface area contributed by atoms with Gasteiger partial charge in [-0.05, 0) is 0 Å². The minimum absolute atomic E-state index is 0. The van der Waals surface area contributed by atoms with Gasteiger partial charge >= 0.3 is 80.9 Å². The zero-order chi connectivity index (χ0) is 0. The van der Waals surface area contributed by atoms with E-state index in [4.69, 9.17) is 0 Å². The molecule has 0 aromatic heterocycles. The second-order valence-corrected chi connectivity index (χ2v) is 0. The maximum atomic E-state index is 0. The topological polar surface area (TPSA) is 0 Å². The molecule has 0 unspecified atom stereocenters. The van der Waals surface area contributed by atoms with Crippen LogP contribution in [0.3, 0.4) is 0 Å². The largest absolute Gasteiger partial charge is 2.00 e. The summed E-state index contributed by atoms with van der Waals surface area (Å²) in [6, 6.07) is 0. The number of rotatable bonds is 0. The van der Waals surface area contributed by atoms with Gasteiger partial charge < -0.3 is 13.5 Å². The fraction of sp³-hybridized carbons (Fsp3) is 0. The summed E-state index contributed by atoms with van der Waals surface area (Å²) in [5.41, 5.74) is 0. The summed E-state index contributed by atoms with van der Waals surface area (Å²) in [6.07, 6.45) is 0. The molecule has 0 aromatic rings. The average Bonchev–Trinajstić information content (AvgIpc) is 0. The molecule has 0 atom stereocenters. The molecule has 0 aliphatic carbocycles. The van der Waals surface area contributed by atoms with E-state index in [0.29, 0.717) is 0 Å². The summed E-state index contributed by atoms with van der Waals surface area (Å²) < 4.78 is 0. The average molecular weight is 222 g/mol. The molecular formula is HIKNaS. The predicted octanol–water partition coefficient (Wildman–Crippen LogP) is -5.38. The van der Waals surface area contributed by atoms with E-state index in [2.05, 4.69) is 0 Å². The van der Waals surface area contributed by atoms with Crippen LogP contribution in [0.2, 0.25) is 0 Å². The van der Waals surface area contributed by atoms with Crippen molar-refractivity contribution in [2.45, 2.75) is 0 Å². The Labute approximate surface area is 115 Å². The molecular weight excluding hydrogens is 221 g/mol. The van der Waals surface area contributed by atoms with Crippen molar-refractivity contribution in [2.24, 2.45) is 0 Å². The summed E-state index contributed by atoms with van der Waals surface area (Å²) in [7, 11) is 0. The molecule has 0 fully saturated rings. The molecule has 0 aliphatic heterocycles. The minimum Gasteiger partial charge on any atom is -2.00 e. The van der Waals surface area contributed by atoms with Gasteiger partial charge in [-0.1, -0.05) is 0 Å². The Morgan fingerprint density at radius 1 is 1.00 bits per heavy atom. The van der Waals surface area contributed by atoms with Crippen LogP contribution in [-0.2, 0) is 13.5 Å². The number of hydrogen-bond donors (Lipinski definition) is 0. The fourth-order valence-corrected chi connectivity index (χ4v) is 0. The number of hydrogen-bond acceptors (Lipinski definition) is 0. The van der Waals surface area contributed by atoms with Crippen molar-refractivity contribution in [3.8, 4) is 0 Å². The Morgan fingerprint density at radius 3 is 1.00 bits per heavy atom. The van der Waals surface area contributed by atoms with Crippen LogP contribution < -0.4 is 80.9 Å². The van der Waals surface area contributed by atoms with Crippen LogP contribution in [0.1, 0.15) is 0 Å². The van der Waals surface area contributed by atoms with E-state index >= 15 is 0 Å². The third-order valence-corrected chi connectivity index (χ3v) is 0. The van der Waals surface area contributed by atoms with Gasteiger partial charge in [-0.2, -0.15) is 0 Å². The van der Waals surface area contributed by atoms with Gasteiger partial charge in [0.15, 0.2) is 0 Å². The van der Waals surface area contributed by atoms with E-state index in [1.165, 1.54) is 0 Å². The molecule has 0 amide bonds. The van der Waals surface area contributed by atoms with Gasteiger partial charge in [0, 0.05) is 0 Å². The van der Waals surface area contributed by atoms with Gasteiger partial charge in [-0.25, -0.2) is 0 Å². The molecule has 0 bridgehead atoms. The van der Waals surface area contributed by atoms with Crippen LogP contribution in [0.25, 0.3) is 0 Å². The molecule has 0 aliphatic rings. The van der Waals surface area contributed by atoms with Crippen molar-refractivity contribution >= 4 is 37.5 Å². The first-order valence-electron chi connectivity index (χ1n) is 0. The molecule has 0 saturated heterocycles. The monoisotopic (exact) mass is 222 g/mol. The van der Waals surface area contributed by atoms with Crippen LogP contribution in [0.15, 0.2) is 0 Å². The molecule has 16 valence electrons. The first kappa shape index (κ1) is 25.2. The molecule has 0 radical (unpaired) electrons. The van der Waals surface area contributed by atoms with Gasteiger partial charge in [0.25, 0.3) is 0 Å². The molecule has 4 heteroatoms. The second-order valence-electron chi connectivity index (χ2n) is 0. The summed E-state index contributed by atoms with van der Waals surface area (Å²) in [5.74, 6) is 0. The Bertz CT molecular complexity index is 8.00. The number of halogens is 1. The van der Waals surface area contributed by atoms with E-state index in [9.17, 15) is 0 Å². The zero-order valence-electron chi connectivity index (χ0n) is 2.82. The summed E-state index contributed by atoms with van der Waals surface area (Å²) in [4.78, 5) is 0. The summed E-state index contributed by atoms with van der Waals surface area (Å²) in [5, 5.41) is 0.